The molecule has 0 saturated carbocycles. The Kier molecular flexibility index (Phi) is 4.72. The number of nitrogens with zero attached hydrogens (tertiary/aromatic N) is 4. The van der Waals surface area contributed by atoms with Gasteiger partial charge in [0.25, 0.3) is 0 Å². The number of anilines is 1. The lowest BCUT2D eigenvalue weighted by atomic mass is 10.1. The zero-order valence-corrected chi connectivity index (χ0v) is 17.1. The largest absolute Gasteiger partial charge is 0.372 e. The van der Waals surface area contributed by atoms with Crippen molar-refractivity contribution in [3.05, 3.63) is 20.8 Å². The first kappa shape index (κ1) is 17.8. The van der Waals surface area contributed by atoms with E-state index in [1.165, 1.54) is 11.3 Å². The lowest BCUT2D eigenvalue weighted by molar-refractivity contribution is -0.00526. The lowest BCUT2D eigenvalue weighted by Gasteiger charge is -2.37. The van der Waals surface area contributed by atoms with E-state index in [-0.39, 0.29) is 17.9 Å². The number of carbonyl (C=O) groups excluding carboxylic acids is 1. The molecule has 26 heavy (non-hydrogen) atoms. The first-order valence-corrected chi connectivity index (χ1v) is 9.92. The van der Waals surface area contributed by atoms with Crippen LogP contribution >= 0.6 is 38.9 Å². The number of halogens is 2. The first-order chi connectivity index (χ1) is 12.5. The van der Waals surface area contributed by atoms with Gasteiger partial charge < -0.3 is 14.2 Å². The van der Waals surface area contributed by atoms with Gasteiger partial charge in [0.15, 0.2) is 15.9 Å². The van der Waals surface area contributed by atoms with E-state index in [0.29, 0.717) is 46.9 Å². The molecule has 3 aromatic rings. The SMILES string of the molecule is CC1CN(c2c(C=O)nc3c(-c4cnc(Br)s4)noc3c2Cl)CC(C)O1. The van der Waals surface area contributed by atoms with Crippen LogP contribution in [-0.2, 0) is 4.74 Å². The van der Waals surface area contributed by atoms with Gasteiger partial charge in [0, 0.05) is 19.3 Å². The van der Waals surface area contributed by atoms with Crippen LogP contribution in [-0.4, -0.2) is 46.7 Å². The Balaban J connectivity index is 1.87. The minimum atomic E-state index is 0.0184. The number of rotatable bonds is 3. The standard InChI is InChI=1S/C16H14BrClN4O3S/c1-7-4-22(5-8(2)24-7)14-9(6-23)20-13-12(10-3-19-16(17)26-10)21-25-15(13)11(14)18/h3,6-8H,4-5H2,1-2H3. The number of fused-ring (bicyclic) bond motifs is 1. The number of morpholine rings is 1. The van der Waals surface area contributed by atoms with E-state index in [0.717, 1.165) is 8.79 Å². The highest BCUT2D eigenvalue weighted by atomic mass is 79.9. The zero-order valence-electron chi connectivity index (χ0n) is 13.9. The Hall–Kier alpha value is -1.55. The van der Waals surface area contributed by atoms with Crippen LogP contribution in [0.2, 0.25) is 5.02 Å². The summed E-state index contributed by atoms with van der Waals surface area (Å²) in [6.07, 6.45) is 2.42. The van der Waals surface area contributed by atoms with Gasteiger partial charge in [-0.2, -0.15) is 0 Å². The van der Waals surface area contributed by atoms with Crippen LogP contribution in [0.3, 0.4) is 0 Å². The van der Waals surface area contributed by atoms with E-state index in [9.17, 15) is 4.79 Å². The van der Waals surface area contributed by atoms with Gasteiger partial charge in [-0.15, -0.1) is 11.3 Å². The zero-order chi connectivity index (χ0) is 18.4. The molecular weight excluding hydrogens is 444 g/mol. The molecule has 0 amide bonds. The lowest BCUT2D eigenvalue weighted by Crippen LogP contribution is -2.46. The van der Waals surface area contributed by atoms with Crippen LogP contribution in [0.5, 0.6) is 0 Å². The van der Waals surface area contributed by atoms with Crippen molar-refractivity contribution in [1.29, 1.82) is 0 Å². The van der Waals surface area contributed by atoms with Crippen molar-refractivity contribution in [2.45, 2.75) is 26.1 Å². The molecule has 10 heteroatoms. The number of carbonyl (C=O) groups is 1. The summed E-state index contributed by atoms with van der Waals surface area (Å²) in [7, 11) is 0. The van der Waals surface area contributed by atoms with E-state index < -0.39 is 0 Å². The topological polar surface area (TPSA) is 81.4 Å². The summed E-state index contributed by atoms with van der Waals surface area (Å²) >= 11 is 11.3. The molecule has 2 unspecified atom stereocenters. The Morgan fingerprint density at radius 2 is 2.12 bits per heavy atom. The Labute approximate surface area is 166 Å². The van der Waals surface area contributed by atoms with Gasteiger partial charge in [-0.1, -0.05) is 16.8 Å². The van der Waals surface area contributed by atoms with Crippen molar-refractivity contribution in [2.75, 3.05) is 18.0 Å². The maximum Gasteiger partial charge on any atom is 0.206 e. The number of aldehydes is 1. The van der Waals surface area contributed by atoms with Gasteiger partial charge in [-0.05, 0) is 29.8 Å². The Bertz CT molecular complexity index is 981. The van der Waals surface area contributed by atoms with Crippen molar-refractivity contribution in [1.82, 2.24) is 15.1 Å². The van der Waals surface area contributed by atoms with Crippen molar-refractivity contribution in [3.63, 3.8) is 0 Å². The van der Waals surface area contributed by atoms with Crippen molar-refractivity contribution >= 4 is 61.9 Å². The molecule has 0 spiro atoms. The van der Waals surface area contributed by atoms with Gasteiger partial charge in [0.1, 0.15) is 16.2 Å². The molecule has 4 rings (SSSR count). The predicted octanol–water partition coefficient (Wildman–Crippen LogP) is 4.19. The molecule has 3 aromatic heterocycles. The molecule has 1 aliphatic heterocycles. The monoisotopic (exact) mass is 456 g/mol. The fourth-order valence-corrected chi connectivity index (χ4v) is 4.78. The molecule has 4 heterocycles. The summed E-state index contributed by atoms with van der Waals surface area (Å²) in [5, 5.41) is 4.43. The van der Waals surface area contributed by atoms with Crippen molar-refractivity contribution in [3.8, 4) is 10.6 Å². The summed E-state index contributed by atoms with van der Waals surface area (Å²) in [6, 6.07) is 0. The maximum atomic E-state index is 11.8. The number of aromatic nitrogens is 3. The van der Waals surface area contributed by atoms with Crippen LogP contribution < -0.4 is 4.90 Å². The Morgan fingerprint density at radius 1 is 1.38 bits per heavy atom. The summed E-state index contributed by atoms with van der Waals surface area (Å²) < 4.78 is 12.0. The van der Waals surface area contributed by atoms with Crippen molar-refractivity contribution < 1.29 is 14.1 Å². The maximum absolute atomic E-state index is 11.8. The average Bonchev–Trinajstić information content (AvgIpc) is 3.19. The Morgan fingerprint density at radius 3 is 2.73 bits per heavy atom. The van der Waals surface area contributed by atoms with Crippen LogP contribution in [0.15, 0.2) is 14.6 Å². The predicted molar refractivity (Wildman–Crippen MR) is 103 cm³/mol. The van der Waals surface area contributed by atoms with Crippen LogP contribution in [0.25, 0.3) is 21.7 Å². The number of pyridine rings is 1. The van der Waals surface area contributed by atoms with Crippen LogP contribution in [0.1, 0.15) is 24.3 Å². The number of ether oxygens (including phenoxy) is 1. The summed E-state index contributed by atoms with van der Waals surface area (Å²) in [6.45, 7) is 5.19. The fourth-order valence-electron chi connectivity index (χ4n) is 3.19. The molecule has 0 radical (unpaired) electrons. The van der Waals surface area contributed by atoms with E-state index in [2.05, 4.69) is 31.1 Å². The molecule has 1 aliphatic rings. The molecular formula is C16H14BrClN4O3S. The minimum Gasteiger partial charge on any atom is -0.372 e. The van der Waals surface area contributed by atoms with Crippen LogP contribution in [0.4, 0.5) is 5.69 Å². The smallest absolute Gasteiger partial charge is 0.206 e. The molecule has 2 atom stereocenters. The summed E-state index contributed by atoms with van der Waals surface area (Å²) in [5.41, 5.74) is 2.15. The number of hydrogen-bond acceptors (Lipinski definition) is 8. The van der Waals surface area contributed by atoms with Gasteiger partial charge >= 0.3 is 0 Å². The highest BCUT2D eigenvalue weighted by Crippen LogP contribution is 2.40. The highest BCUT2D eigenvalue weighted by molar-refractivity contribution is 9.11. The molecule has 0 aromatic carbocycles. The van der Waals surface area contributed by atoms with Gasteiger partial charge in [-0.25, -0.2) is 9.97 Å². The second-order valence-electron chi connectivity index (χ2n) is 6.13. The van der Waals surface area contributed by atoms with E-state index >= 15 is 0 Å². The molecule has 1 saturated heterocycles. The van der Waals surface area contributed by atoms with E-state index in [4.69, 9.17) is 20.9 Å². The average molecular weight is 458 g/mol. The molecule has 0 N–H and O–H groups in total. The molecule has 0 bridgehead atoms. The summed E-state index contributed by atoms with van der Waals surface area (Å²) in [4.78, 5) is 23.2. The minimum absolute atomic E-state index is 0.0184. The molecule has 1 fully saturated rings. The first-order valence-electron chi connectivity index (χ1n) is 7.94. The normalized spacial score (nSPS) is 20.7. The molecule has 136 valence electrons. The summed E-state index contributed by atoms with van der Waals surface area (Å²) in [5.74, 6) is 0. The second kappa shape index (κ2) is 6.88. The van der Waals surface area contributed by atoms with E-state index in [1.54, 1.807) is 6.20 Å². The molecule has 0 aliphatic carbocycles. The van der Waals surface area contributed by atoms with Gasteiger partial charge in [0.05, 0.1) is 22.8 Å². The highest BCUT2D eigenvalue weighted by Gasteiger charge is 2.29. The number of hydrogen-bond donors (Lipinski definition) is 0. The fraction of sp³-hybridized carbons (Fsp3) is 0.375. The third kappa shape index (κ3) is 3.02. The molecule has 7 nitrogen and oxygen atoms in total. The van der Waals surface area contributed by atoms with Crippen LogP contribution in [0, 0.1) is 0 Å². The van der Waals surface area contributed by atoms with Crippen molar-refractivity contribution in [2.24, 2.45) is 0 Å². The van der Waals surface area contributed by atoms with E-state index in [1.807, 2.05) is 18.7 Å². The second-order valence-corrected chi connectivity index (χ2v) is 8.81. The quantitative estimate of drug-likeness (QED) is 0.545. The third-order valence-electron chi connectivity index (χ3n) is 4.11. The van der Waals surface area contributed by atoms with Gasteiger partial charge in [-0.3, -0.25) is 4.79 Å². The number of thiazole rings is 1. The van der Waals surface area contributed by atoms with Gasteiger partial charge in [0.2, 0.25) is 5.58 Å². The third-order valence-corrected chi connectivity index (χ3v) is 5.94.